The molecule has 0 fully saturated rings. The summed E-state index contributed by atoms with van der Waals surface area (Å²) < 4.78 is 5.99. The van der Waals surface area contributed by atoms with Crippen LogP contribution in [0.5, 0.6) is 5.75 Å². The summed E-state index contributed by atoms with van der Waals surface area (Å²) in [5.74, 6) is 1.74. The molecule has 0 atom stereocenters. The van der Waals surface area contributed by atoms with E-state index in [1.807, 2.05) is 6.07 Å². The standard InChI is InChI=1S/C19H23ClO/c1-16-10-4-5-11-17(16)18-12-6-7-13-19(18)21-15-9-3-2-8-14-20/h4-7,10-13H,2-3,8-9,14-15H2,1H3. The second-order valence-corrected chi connectivity index (χ2v) is 5.64. The Morgan fingerprint density at radius 1 is 0.810 bits per heavy atom. The third-order valence-electron chi connectivity index (χ3n) is 3.61. The van der Waals surface area contributed by atoms with Gasteiger partial charge in [-0.25, -0.2) is 0 Å². The van der Waals surface area contributed by atoms with Gasteiger partial charge in [0.15, 0.2) is 0 Å². The minimum Gasteiger partial charge on any atom is -0.493 e. The summed E-state index contributed by atoms with van der Waals surface area (Å²) in [6.07, 6.45) is 4.55. The van der Waals surface area contributed by atoms with Crippen molar-refractivity contribution in [3.63, 3.8) is 0 Å². The fourth-order valence-corrected chi connectivity index (χ4v) is 2.61. The molecule has 1 nitrogen and oxygen atoms in total. The summed E-state index contributed by atoms with van der Waals surface area (Å²) in [5, 5.41) is 0. The summed E-state index contributed by atoms with van der Waals surface area (Å²) in [5.41, 5.74) is 3.70. The van der Waals surface area contributed by atoms with E-state index in [-0.39, 0.29) is 0 Å². The average molecular weight is 303 g/mol. The van der Waals surface area contributed by atoms with E-state index in [1.54, 1.807) is 0 Å². The van der Waals surface area contributed by atoms with Gasteiger partial charge in [-0.1, -0.05) is 55.3 Å². The maximum Gasteiger partial charge on any atom is 0.127 e. The van der Waals surface area contributed by atoms with Crippen LogP contribution in [0.1, 0.15) is 31.2 Å². The number of unbranched alkanes of at least 4 members (excludes halogenated alkanes) is 3. The van der Waals surface area contributed by atoms with Crippen molar-refractivity contribution in [3.8, 4) is 16.9 Å². The highest BCUT2D eigenvalue weighted by molar-refractivity contribution is 6.17. The molecule has 0 saturated carbocycles. The number of aryl methyl sites for hydroxylation is 1. The Kier molecular flexibility index (Phi) is 6.62. The first-order valence-corrected chi connectivity index (χ1v) is 8.20. The van der Waals surface area contributed by atoms with Gasteiger partial charge in [0.1, 0.15) is 5.75 Å². The molecule has 0 aliphatic heterocycles. The number of rotatable bonds is 8. The molecular formula is C19H23ClO. The molecule has 0 aliphatic rings. The van der Waals surface area contributed by atoms with Crippen molar-refractivity contribution in [2.24, 2.45) is 0 Å². The number of benzene rings is 2. The van der Waals surface area contributed by atoms with E-state index >= 15 is 0 Å². The minimum absolute atomic E-state index is 0.761. The van der Waals surface area contributed by atoms with Crippen LogP contribution in [-0.4, -0.2) is 12.5 Å². The molecule has 0 aromatic heterocycles. The Labute approximate surface area is 132 Å². The molecule has 0 N–H and O–H groups in total. The van der Waals surface area contributed by atoms with Crippen molar-refractivity contribution >= 4 is 11.6 Å². The van der Waals surface area contributed by atoms with Crippen molar-refractivity contribution < 1.29 is 4.74 Å². The van der Waals surface area contributed by atoms with Crippen LogP contribution in [0.15, 0.2) is 48.5 Å². The quantitative estimate of drug-likeness (QED) is 0.439. The third-order valence-corrected chi connectivity index (χ3v) is 3.88. The van der Waals surface area contributed by atoms with Gasteiger partial charge in [0, 0.05) is 11.4 Å². The lowest BCUT2D eigenvalue weighted by molar-refractivity contribution is 0.306. The van der Waals surface area contributed by atoms with Gasteiger partial charge in [-0.15, -0.1) is 11.6 Å². The van der Waals surface area contributed by atoms with Gasteiger partial charge in [-0.05, 0) is 37.0 Å². The highest BCUT2D eigenvalue weighted by Gasteiger charge is 2.07. The Balaban J connectivity index is 1.99. The maximum atomic E-state index is 5.99. The van der Waals surface area contributed by atoms with E-state index in [2.05, 4.69) is 49.4 Å². The average Bonchev–Trinajstić information content (AvgIpc) is 2.52. The Hall–Kier alpha value is -1.47. The topological polar surface area (TPSA) is 9.23 Å². The fourth-order valence-electron chi connectivity index (χ4n) is 2.42. The van der Waals surface area contributed by atoms with Crippen molar-refractivity contribution in [2.75, 3.05) is 12.5 Å². The molecule has 0 bridgehead atoms. The highest BCUT2D eigenvalue weighted by atomic mass is 35.5. The number of hydrogen-bond donors (Lipinski definition) is 0. The molecule has 112 valence electrons. The SMILES string of the molecule is Cc1ccccc1-c1ccccc1OCCCCCCCl. The summed E-state index contributed by atoms with van der Waals surface area (Å²) in [6, 6.07) is 16.7. The molecule has 2 rings (SSSR count). The molecule has 0 spiro atoms. The molecule has 2 aromatic carbocycles. The van der Waals surface area contributed by atoms with Gasteiger partial charge in [-0.2, -0.15) is 0 Å². The van der Waals surface area contributed by atoms with Gasteiger partial charge in [0.25, 0.3) is 0 Å². The lowest BCUT2D eigenvalue weighted by Gasteiger charge is -2.13. The Bertz CT molecular complexity index is 551. The van der Waals surface area contributed by atoms with Gasteiger partial charge in [0.05, 0.1) is 6.61 Å². The second-order valence-electron chi connectivity index (χ2n) is 5.26. The van der Waals surface area contributed by atoms with E-state index in [1.165, 1.54) is 29.5 Å². The van der Waals surface area contributed by atoms with Crippen molar-refractivity contribution in [2.45, 2.75) is 32.6 Å². The molecule has 0 saturated heterocycles. The largest absolute Gasteiger partial charge is 0.493 e. The zero-order valence-electron chi connectivity index (χ0n) is 12.6. The molecule has 2 aromatic rings. The smallest absolute Gasteiger partial charge is 0.127 e. The molecule has 0 amide bonds. The van der Waals surface area contributed by atoms with Crippen LogP contribution in [0.3, 0.4) is 0 Å². The Morgan fingerprint density at radius 3 is 2.24 bits per heavy atom. The van der Waals surface area contributed by atoms with Crippen LogP contribution in [0.4, 0.5) is 0 Å². The number of halogens is 1. The lowest BCUT2D eigenvalue weighted by Crippen LogP contribution is -1.99. The zero-order valence-corrected chi connectivity index (χ0v) is 13.4. The normalized spacial score (nSPS) is 10.6. The van der Waals surface area contributed by atoms with Gasteiger partial charge in [0.2, 0.25) is 0 Å². The van der Waals surface area contributed by atoms with Crippen LogP contribution < -0.4 is 4.74 Å². The predicted molar refractivity (Wildman–Crippen MR) is 91.3 cm³/mol. The van der Waals surface area contributed by atoms with E-state index in [4.69, 9.17) is 16.3 Å². The number of hydrogen-bond acceptors (Lipinski definition) is 1. The van der Waals surface area contributed by atoms with Crippen molar-refractivity contribution in [1.29, 1.82) is 0 Å². The first-order valence-electron chi connectivity index (χ1n) is 7.66. The lowest BCUT2D eigenvalue weighted by atomic mass is 10.00. The van der Waals surface area contributed by atoms with Crippen LogP contribution in [0, 0.1) is 6.92 Å². The molecule has 0 aliphatic carbocycles. The molecule has 2 heteroatoms. The first kappa shape index (κ1) is 15.9. The fraction of sp³-hybridized carbons (Fsp3) is 0.368. The van der Waals surface area contributed by atoms with Crippen LogP contribution >= 0.6 is 11.6 Å². The third kappa shape index (κ3) is 4.78. The molecule has 0 unspecified atom stereocenters. The van der Waals surface area contributed by atoms with E-state index in [9.17, 15) is 0 Å². The zero-order chi connectivity index (χ0) is 14.9. The summed E-state index contributed by atoms with van der Waals surface area (Å²) in [7, 11) is 0. The molecular weight excluding hydrogens is 280 g/mol. The number of ether oxygens (including phenoxy) is 1. The van der Waals surface area contributed by atoms with Crippen LogP contribution in [0.25, 0.3) is 11.1 Å². The predicted octanol–water partition coefficient (Wildman–Crippen LogP) is 5.84. The summed E-state index contributed by atoms with van der Waals surface area (Å²) in [4.78, 5) is 0. The van der Waals surface area contributed by atoms with E-state index in [0.29, 0.717) is 0 Å². The van der Waals surface area contributed by atoms with Crippen LogP contribution in [0.2, 0.25) is 0 Å². The van der Waals surface area contributed by atoms with Crippen LogP contribution in [-0.2, 0) is 0 Å². The van der Waals surface area contributed by atoms with E-state index < -0.39 is 0 Å². The van der Waals surface area contributed by atoms with Crippen molar-refractivity contribution in [1.82, 2.24) is 0 Å². The first-order chi connectivity index (χ1) is 10.3. The van der Waals surface area contributed by atoms with Crippen molar-refractivity contribution in [3.05, 3.63) is 54.1 Å². The molecule has 21 heavy (non-hydrogen) atoms. The van der Waals surface area contributed by atoms with Gasteiger partial charge < -0.3 is 4.74 Å². The monoisotopic (exact) mass is 302 g/mol. The minimum atomic E-state index is 0.761. The van der Waals surface area contributed by atoms with Gasteiger partial charge >= 0.3 is 0 Å². The molecule has 0 radical (unpaired) electrons. The highest BCUT2D eigenvalue weighted by Crippen LogP contribution is 2.32. The maximum absolute atomic E-state index is 5.99. The summed E-state index contributed by atoms with van der Waals surface area (Å²) >= 11 is 5.68. The molecule has 0 heterocycles. The van der Waals surface area contributed by atoms with Gasteiger partial charge in [-0.3, -0.25) is 0 Å². The summed E-state index contributed by atoms with van der Waals surface area (Å²) in [6.45, 7) is 2.91. The Morgan fingerprint density at radius 2 is 1.48 bits per heavy atom. The number of alkyl halides is 1. The second kappa shape index (κ2) is 8.74. The van der Waals surface area contributed by atoms with E-state index in [0.717, 1.165) is 31.1 Å². The number of para-hydroxylation sites is 1.